The number of aliphatic hydroxyl groups is 3. The molecule has 544 valence electrons. The quantitative estimate of drug-likeness (QED) is 0.0166. The first-order chi connectivity index (χ1) is 46.0. The fourth-order valence-corrected chi connectivity index (χ4v) is 15.8. The SMILES string of the molecule is C=C(C)C(=O)OC1(C(O)(C(F)(F)F)C(F)(F)F)CCCC1.C=C(C)C(=O)OC12CC3CC(C1)CC(C(=O)OC(CS(=O)(=O)[O-])C(F)(F)F)(C3)C2.C=C(C)C(=O)Oc1ccc(C(C)(O)C(F)(F)F)cc1.C=Cc1ccc(C(C)(C)O)cc1.c1ccc(-[s+]2c3ccccc3c3ccccc32)cc1. The summed E-state index contributed by atoms with van der Waals surface area (Å²) in [5, 5.41) is 31.4. The number of carbonyl (C=O) groups is 4. The van der Waals surface area contributed by atoms with E-state index in [-0.39, 0.29) is 82.4 Å². The first-order valence-electron chi connectivity index (χ1n) is 31.0. The summed E-state index contributed by atoms with van der Waals surface area (Å²) in [6.07, 6.45) is -22.5. The second-order valence-corrected chi connectivity index (χ2v) is 29.5. The number of alkyl halides is 12. The first kappa shape index (κ1) is 81.1. The van der Waals surface area contributed by atoms with Gasteiger partial charge in [-0.3, -0.25) is 4.79 Å². The molecule has 28 heteroatoms. The average Bonchev–Trinajstić information content (AvgIpc) is 0.742. The third-order valence-corrected chi connectivity index (χ3v) is 20.5. The summed E-state index contributed by atoms with van der Waals surface area (Å²) >= 11 is 0. The molecule has 0 aliphatic heterocycles. The largest absolute Gasteiger partial charge is 0.748 e. The van der Waals surface area contributed by atoms with Crippen LogP contribution in [0, 0.1) is 17.3 Å². The molecule has 6 aromatic rings. The van der Waals surface area contributed by atoms with E-state index in [1.807, 2.05) is 24.3 Å². The van der Waals surface area contributed by atoms with Crippen LogP contribution in [0.5, 0.6) is 5.75 Å². The Kier molecular flexibility index (Phi) is 24.9. The van der Waals surface area contributed by atoms with Crippen LogP contribution in [0.1, 0.15) is 122 Å². The van der Waals surface area contributed by atoms with Crippen LogP contribution in [0.4, 0.5) is 52.7 Å². The predicted octanol–water partition coefficient (Wildman–Crippen LogP) is 17.0. The summed E-state index contributed by atoms with van der Waals surface area (Å²) in [5.74, 6) is -5.71. The maximum atomic E-state index is 13.2. The van der Waals surface area contributed by atoms with Crippen molar-refractivity contribution in [2.75, 3.05) is 5.75 Å². The van der Waals surface area contributed by atoms with Gasteiger partial charge in [-0.25, -0.2) is 22.8 Å². The number of benzene rings is 5. The van der Waals surface area contributed by atoms with Crippen LogP contribution in [-0.4, -0.2) is 106 Å². The summed E-state index contributed by atoms with van der Waals surface area (Å²) < 4.78 is 210. The monoisotopic (exact) mass is 1460 g/mol. The number of halogens is 12. The molecule has 5 fully saturated rings. The van der Waals surface area contributed by atoms with Gasteiger partial charge in [0.2, 0.25) is 6.10 Å². The lowest BCUT2D eigenvalue weighted by molar-refractivity contribution is -0.411. The third kappa shape index (κ3) is 19.0. The number of hydrogen-bond donors (Lipinski definition) is 3. The van der Waals surface area contributed by atoms with E-state index in [4.69, 9.17) is 9.47 Å². The molecule has 4 atom stereocenters. The van der Waals surface area contributed by atoms with Crippen molar-refractivity contribution in [3.8, 4) is 10.6 Å². The highest BCUT2D eigenvalue weighted by molar-refractivity contribution is 7.85. The van der Waals surface area contributed by atoms with Crippen LogP contribution in [-0.2, 0) is 54.7 Å². The fourth-order valence-electron chi connectivity index (χ4n) is 12.8. The van der Waals surface area contributed by atoms with Gasteiger partial charge in [-0.15, -0.1) is 0 Å². The molecule has 100 heavy (non-hydrogen) atoms. The van der Waals surface area contributed by atoms with Crippen molar-refractivity contribution >= 4 is 70.7 Å². The number of esters is 4. The molecule has 3 N–H and O–H groups in total. The van der Waals surface area contributed by atoms with E-state index in [0.29, 0.717) is 19.8 Å². The maximum absolute atomic E-state index is 13.2. The summed E-state index contributed by atoms with van der Waals surface area (Å²) in [5.41, 5.74) is -12.5. The molecule has 0 radical (unpaired) electrons. The van der Waals surface area contributed by atoms with Crippen molar-refractivity contribution in [2.24, 2.45) is 17.3 Å². The number of hydrogen-bond acceptors (Lipinski definition) is 14. The van der Waals surface area contributed by atoms with Gasteiger partial charge in [0.05, 0.1) is 26.9 Å². The van der Waals surface area contributed by atoms with Crippen molar-refractivity contribution in [2.45, 2.75) is 165 Å². The Morgan fingerprint density at radius 2 is 1.05 bits per heavy atom. The summed E-state index contributed by atoms with van der Waals surface area (Å²) in [6, 6.07) is 40.6. The Balaban J connectivity index is 0.000000202. The van der Waals surface area contributed by atoms with E-state index in [9.17, 15) is 100 Å². The van der Waals surface area contributed by atoms with E-state index >= 15 is 0 Å². The highest BCUT2D eigenvalue weighted by Gasteiger charge is 2.81. The summed E-state index contributed by atoms with van der Waals surface area (Å²) in [7, 11) is -5.21. The van der Waals surface area contributed by atoms with E-state index in [0.717, 1.165) is 36.6 Å². The molecule has 4 unspecified atom stereocenters. The number of ether oxygens (including phenoxy) is 4. The molecule has 4 bridgehead atoms. The van der Waals surface area contributed by atoms with Crippen LogP contribution in [0.25, 0.3) is 31.1 Å². The minimum absolute atomic E-state index is 0.0134. The van der Waals surface area contributed by atoms with Crippen molar-refractivity contribution in [3.05, 3.63) is 187 Å². The Hall–Kier alpha value is -7.89. The molecule has 0 saturated heterocycles. The fraction of sp³-hybridized carbons (Fsp3) is 0.417. The zero-order valence-electron chi connectivity index (χ0n) is 55.2. The molecule has 11 rings (SSSR count). The number of fused-ring (bicyclic) bond motifs is 3. The van der Waals surface area contributed by atoms with Crippen LogP contribution in [0.2, 0.25) is 0 Å². The second kappa shape index (κ2) is 30.7. The van der Waals surface area contributed by atoms with E-state index < -0.39 is 117 Å². The smallest absolute Gasteiger partial charge is 0.430 e. The zero-order chi connectivity index (χ0) is 75.2. The predicted molar refractivity (Wildman–Crippen MR) is 350 cm³/mol. The zero-order valence-corrected chi connectivity index (χ0v) is 56.9. The van der Waals surface area contributed by atoms with E-state index in [1.54, 1.807) is 19.9 Å². The average molecular weight is 1460 g/mol. The van der Waals surface area contributed by atoms with Crippen LogP contribution < -0.4 is 4.74 Å². The molecule has 14 nitrogen and oxygen atoms in total. The van der Waals surface area contributed by atoms with Crippen LogP contribution in [0.3, 0.4) is 0 Å². The lowest BCUT2D eigenvalue weighted by Gasteiger charge is -2.59. The molecule has 5 aliphatic rings. The molecule has 5 aliphatic carbocycles. The van der Waals surface area contributed by atoms with Gasteiger partial charge in [0.25, 0.3) is 5.60 Å². The lowest BCUT2D eigenvalue weighted by atomic mass is 9.48. The molecule has 5 saturated carbocycles. The molecule has 1 aromatic heterocycles. The van der Waals surface area contributed by atoms with Crippen molar-refractivity contribution in [1.82, 2.24) is 0 Å². The molecule has 0 amide bonds. The molecule has 5 aromatic carbocycles. The van der Waals surface area contributed by atoms with Crippen molar-refractivity contribution < 1.29 is 119 Å². The van der Waals surface area contributed by atoms with Gasteiger partial charge >= 0.3 is 48.6 Å². The molecular formula is C72H76F12O14S2. The van der Waals surface area contributed by atoms with Crippen molar-refractivity contribution in [1.29, 1.82) is 0 Å². The van der Waals surface area contributed by atoms with E-state index in [2.05, 4.69) is 115 Å². The van der Waals surface area contributed by atoms with Gasteiger partial charge < -0.3 is 38.8 Å². The minimum Gasteiger partial charge on any atom is -0.748 e. The maximum Gasteiger partial charge on any atom is 0.430 e. The number of carbonyl (C=O) groups excluding carboxylic acids is 4. The van der Waals surface area contributed by atoms with Gasteiger partial charge in [0.1, 0.15) is 11.4 Å². The molecular weight excluding hydrogens is 1380 g/mol. The van der Waals surface area contributed by atoms with Crippen molar-refractivity contribution in [3.63, 3.8) is 0 Å². The third-order valence-electron chi connectivity index (χ3n) is 17.5. The lowest BCUT2D eigenvalue weighted by Crippen LogP contribution is -2.71. The van der Waals surface area contributed by atoms with Crippen LogP contribution >= 0.6 is 10.5 Å². The second-order valence-electron chi connectivity index (χ2n) is 26.1. The Morgan fingerprint density at radius 3 is 1.46 bits per heavy atom. The Labute approximate surface area is 572 Å². The Bertz CT molecular complexity index is 3990. The molecule has 0 spiro atoms. The highest BCUT2D eigenvalue weighted by Crippen LogP contribution is 2.64. The van der Waals surface area contributed by atoms with Gasteiger partial charge in [0.15, 0.2) is 25.5 Å². The summed E-state index contributed by atoms with van der Waals surface area (Å²) in [6.45, 7) is 21.9. The van der Waals surface area contributed by atoms with Gasteiger partial charge in [-0.1, -0.05) is 111 Å². The van der Waals surface area contributed by atoms with Gasteiger partial charge in [-0.05, 0) is 176 Å². The van der Waals surface area contributed by atoms with Crippen LogP contribution in [0.15, 0.2) is 170 Å². The first-order valence-corrected chi connectivity index (χ1v) is 33.8. The highest BCUT2D eigenvalue weighted by atomic mass is 32.2. The number of rotatable bonds is 15. The molecule has 1 heterocycles. The summed E-state index contributed by atoms with van der Waals surface area (Å²) in [4.78, 5) is 48.9. The minimum atomic E-state index is -6.04. The normalized spacial score (nSPS) is 20.3. The van der Waals surface area contributed by atoms with Gasteiger partial charge in [-0.2, -0.15) is 52.7 Å². The van der Waals surface area contributed by atoms with E-state index in [1.165, 1.54) is 51.0 Å². The Morgan fingerprint density at radius 1 is 0.610 bits per heavy atom. The van der Waals surface area contributed by atoms with Gasteiger partial charge in [0, 0.05) is 44.4 Å². The number of thiophene rings is 1. The standard InChI is InChI=1S/C18H23F3O7S.C18H13S.C13H13F3O3.C12H14F6O3.C11H14O/c1-10(2)14(22)28-17-6-11-3-12(7-17)5-16(4-11,9-17)15(23)27-13(18(19,20)21)8-29(24,25)26;1-2-8-14(9-3-1)19-17-12-6-4-10-15(17)16-11-5-7-13-18(16)19;1-8(2)11(17)19-10-6-4-9(5-7-10)12(3,18)13(14,15)16;1-7(2)8(19)21-9(5-3-4-6-9)10(20,11(13,14)15)12(16,17)18;1-4-9-5-7-10(8-6-9)11(2,3)12/h11-13H,1,3-9H2,2H3,(H,24,25,26);1-13H;4-7,18H,1H2,2-3H3;20H,1,3-6H2,2H3;4-8,12H,1H2,2-3H3/q;+1;;;/p-1. The topological polar surface area (TPSA) is 223 Å².